The van der Waals surface area contributed by atoms with Crippen molar-refractivity contribution in [1.82, 2.24) is 0 Å². The van der Waals surface area contributed by atoms with Crippen molar-refractivity contribution >= 4 is 57.4 Å². The third-order valence-electron chi connectivity index (χ3n) is 5.18. The lowest BCUT2D eigenvalue weighted by Crippen LogP contribution is -2.22. The van der Waals surface area contributed by atoms with Gasteiger partial charge in [-0.15, -0.1) is 11.3 Å². The molecule has 0 saturated heterocycles. The van der Waals surface area contributed by atoms with E-state index in [0.717, 1.165) is 10.4 Å². The number of rotatable bonds is 7. The van der Waals surface area contributed by atoms with Crippen molar-refractivity contribution in [2.24, 2.45) is 0 Å². The molecule has 0 atom stereocenters. The van der Waals surface area contributed by atoms with Gasteiger partial charge < -0.3 is 24.3 Å². The smallest absolute Gasteiger partial charge is 0.341 e. The predicted octanol–water partition coefficient (Wildman–Crippen LogP) is 5.26. The number of methoxy groups -OCH3 is 1. The average Bonchev–Trinajstić information content (AvgIpc) is 3.42. The third-order valence-corrected chi connectivity index (χ3v) is 7.06. The summed E-state index contributed by atoms with van der Waals surface area (Å²) in [5.74, 6) is -0.733. The van der Waals surface area contributed by atoms with E-state index < -0.39 is 24.5 Å². The van der Waals surface area contributed by atoms with Gasteiger partial charge in [0.2, 0.25) is 6.79 Å². The van der Waals surface area contributed by atoms with E-state index in [2.05, 4.69) is 5.32 Å². The van der Waals surface area contributed by atoms with Crippen molar-refractivity contribution in [3.63, 3.8) is 0 Å². The minimum absolute atomic E-state index is 0.0367. The Balaban J connectivity index is 1.50. The number of amides is 1. The molecule has 8 nitrogen and oxygen atoms in total. The zero-order chi connectivity index (χ0) is 25.1. The number of ether oxygens (including phenoxy) is 4. The number of carbonyl (C=O) groups is 3. The van der Waals surface area contributed by atoms with Crippen LogP contribution in [0.15, 0.2) is 36.4 Å². The molecule has 0 unspecified atom stereocenters. The molecule has 0 radical (unpaired) electrons. The molecule has 2 heterocycles. The number of benzene rings is 2. The van der Waals surface area contributed by atoms with E-state index in [4.69, 9.17) is 42.1 Å². The second-order valence-electron chi connectivity index (χ2n) is 7.42. The first-order valence-corrected chi connectivity index (χ1v) is 11.9. The van der Waals surface area contributed by atoms with Crippen molar-refractivity contribution in [2.45, 2.75) is 13.3 Å². The Morgan fingerprint density at radius 1 is 1.09 bits per heavy atom. The first-order valence-electron chi connectivity index (χ1n) is 10.3. The quantitative estimate of drug-likeness (QED) is 0.411. The van der Waals surface area contributed by atoms with E-state index in [0.29, 0.717) is 28.5 Å². The van der Waals surface area contributed by atoms with Crippen LogP contribution < -0.4 is 14.8 Å². The van der Waals surface area contributed by atoms with Crippen LogP contribution in [0, 0.1) is 6.92 Å². The molecule has 2 aromatic carbocycles. The van der Waals surface area contributed by atoms with Gasteiger partial charge in [-0.1, -0.05) is 35.3 Å². The number of anilines is 1. The molecular weight excluding hydrogens is 517 g/mol. The zero-order valence-corrected chi connectivity index (χ0v) is 20.9. The highest BCUT2D eigenvalue weighted by Gasteiger charge is 2.25. The number of fused-ring (bicyclic) bond motifs is 1. The van der Waals surface area contributed by atoms with Crippen LogP contribution in [0.4, 0.5) is 5.00 Å². The maximum atomic E-state index is 12.6. The highest BCUT2D eigenvalue weighted by Crippen LogP contribution is 2.37. The normalized spacial score (nSPS) is 11.8. The molecule has 182 valence electrons. The molecule has 0 aliphatic carbocycles. The zero-order valence-electron chi connectivity index (χ0n) is 18.6. The highest BCUT2D eigenvalue weighted by atomic mass is 35.5. The van der Waals surface area contributed by atoms with Crippen LogP contribution >= 0.6 is 34.5 Å². The molecule has 0 saturated carbocycles. The van der Waals surface area contributed by atoms with Crippen LogP contribution in [0.5, 0.6) is 11.5 Å². The third kappa shape index (κ3) is 5.37. The van der Waals surface area contributed by atoms with Gasteiger partial charge in [-0.25, -0.2) is 9.59 Å². The fraction of sp³-hybridized carbons (Fsp3) is 0.208. The molecule has 4 rings (SSSR count). The molecule has 35 heavy (non-hydrogen) atoms. The molecule has 1 amide bonds. The van der Waals surface area contributed by atoms with E-state index in [9.17, 15) is 14.4 Å². The van der Waals surface area contributed by atoms with Gasteiger partial charge in [0.1, 0.15) is 5.00 Å². The minimum Gasteiger partial charge on any atom is -0.465 e. The van der Waals surface area contributed by atoms with Crippen molar-refractivity contribution in [3.8, 4) is 11.5 Å². The van der Waals surface area contributed by atoms with Crippen LogP contribution in [-0.4, -0.2) is 38.4 Å². The Kier molecular flexibility index (Phi) is 7.49. The molecule has 11 heteroatoms. The summed E-state index contributed by atoms with van der Waals surface area (Å²) in [6.07, 6.45) is 0.404. The van der Waals surface area contributed by atoms with Gasteiger partial charge in [-0.2, -0.15) is 0 Å². The summed E-state index contributed by atoms with van der Waals surface area (Å²) < 4.78 is 20.8. The van der Waals surface area contributed by atoms with Crippen molar-refractivity contribution in [3.05, 3.63) is 73.6 Å². The first-order chi connectivity index (χ1) is 16.8. The number of thiophene rings is 1. The summed E-state index contributed by atoms with van der Waals surface area (Å²) in [7, 11) is 1.27. The Labute approximate surface area is 214 Å². The highest BCUT2D eigenvalue weighted by molar-refractivity contribution is 7.16. The summed E-state index contributed by atoms with van der Waals surface area (Å²) in [5, 5.41) is 3.17. The molecule has 0 bridgehead atoms. The number of hydrogen-bond donors (Lipinski definition) is 1. The molecule has 0 fully saturated rings. The van der Waals surface area contributed by atoms with E-state index >= 15 is 0 Å². The van der Waals surface area contributed by atoms with Gasteiger partial charge in [-0.05, 0) is 48.7 Å². The van der Waals surface area contributed by atoms with Crippen LogP contribution in [0.2, 0.25) is 10.0 Å². The molecule has 1 aliphatic heterocycles. The van der Waals surface area contributed by atoms with Crippen LogP contribution in [0.3, 0.4) is 0 Å². The summed E-state index contributed by atoms with van der Waals surface area (Å²) in [4.78, 5) is 38.3. The second-order valence-corrected chi connectivity index (χ2v) is 9.43. The Hall–Kier alpha value is -3.27. The van der Waals surface area contributed by atoms with Gasteiger partial charge in [0, 0.05) is 4.88 Å². The van der Waals surface area contributed by atoms with E-state index in [1.807, 2.05) is 19.1 Å². The minimum atomic E-state index is -0.799. The topological polar surface area (TPSA) is 100 Å². The Morgan fingerprint density at radius 3 is 2.63 bits per heavy atom. The average molecular weight is 536 g/mol. The number of carbonyl (C=O) groups excluding carboxylic acids is 3. The lowest BCUT2D eigenvalue weighted by atomic mass is 10.0. The van der Waals surface area contributed by atoms with Crippen LogP contribution in [0.1, 0.15) is 36.7 Å². The summed E-state index contributed by atoms with van der Waals surface area (Å²) >= 11 is 13.2. The number of nitrogens with one attached hydrogen (secondary N) is 1. The Morgan fingerprint density at radius 2 is 1.86 bits per heavy atom. The standard InChI is InChI=1S/C24H19Cl2NO7S/c1-12-15(8-13-6-7-17-18(9-13)34-11-33-17)20(24(30)31-2)22(35-12)27-19(28)10-32-23(29)14-4-3-5-16(25)21(14)26/h3-7,9H,8,10-11H2,1-2H3,(H,27,28). The lowest BCUT2D eigenvalue weighted by Gasteiger charge is -2.09. The van der Waals surface area contributed by atoms with E-state index in [1.165, 1.54) is 30.6 Å². The van der Waals surface area contributed by atoms with Gasteiger partial charge in [0.05, 0.1) is 28.3 Å². The fourth-order valence-electron chi connectivity index (χ4n) is 3.49. The largest absolute Gasteiger partial charge is 0.465 e. The monoisotopic (exact) mass is 535 g/mol. The van der Waals surface area contributed by atoms with E-state index in [1.54, 1.807) is 12.1 Å². The summed E-state index contributed by atoms with van der Waals surface area (Å²) in [5.41, 5.74) is 1.88. The molecule has 3 aromatic rings. The lowest BCUT2D eigenvalue weighted by molar-refractivity contribution is -0.119. The molecule has 1 N–H and O–H groups in total. The van der Waals surface area contributed by atoms with Crippen LogP contribution in [-0.2, 0) is 20.7 Å². The summed E-state index contributed by atoms with van der Waals surface area (Å²) in [6.45, 7) is 1.42. The molecule has 0 spiro atoms. The van der Waals surface area contributed by atoms with Crippen molar-refractivity contribution in [1.29, 1.82) is 0 Å². The number of esters is 2. The van der Waals surface area contributed by atoms with Gasteiger partial charge in [0.25, 0.3) is 5.91 Å². The molecular formula is C24H19Cl2NO7S. The van der Waals surface area contributed by atoms with Crippen LogP contribution in [0.25, 0.3) is 0 Å². The number of halogens is 2. The maximum Gasteiger partial charge on any atom is 0.341 e. The summed E-state index contributed by atoms with van der Waals surface area (Å²) in [6, 6.07) is 10.0. The second kappa shape index (κ2) is 10.6. The van der Waals surface area contributed by atoms with Crippen molar-refractivity contribution in [2.75, 3.05) is 25.8 Å². The SMILES string of the molecule is COC(=O)c1c(NC(=O)COC(=O)c2cccc(Cl)c2Cl)sc(C)c1Cc1ccc2c(c1)OCO2. The van der Waals surface area contributed by atoms with Gasteiger partial charge in [-0.3, -0.25) is 4.79 Å². The van der Waals surface area contributed by atoms with Gasteiger partial charge >= 0.3 is 11.9 Å². The van der Waals surface area contributed by atoms with E-state index in [-0.39, 0.29) is 28.0 Å². The number of hydrogen-bond acceptors (Lipinski definition) is 8. The number of aryl methyl sites for hydroxylation is 1. The fourth-order valence-corrected chi connectivity index (χ4v) is 4.94. The Bertz CT molecular complexity index is 1320. The molecule has 1 aromatic heterocycles. The first kappa shape index (κ1) is 24.8. The molecule has 1 aliphatic rings. The van der Waals surface area contributed by atoms with Crippen molar-refractivity contribution < 1.29 is 33.3 Å². The maximum absolute atomic E-state index is 12.6. The predicted molar refractivity (Wildman–Crippen MR) is 131 cm³/mol. The van der Waals surface area contributed by atoms with Gasteiger partial charge in [0.15, 0.2) is 18.1 Å².